The van der Waals surface area contributed by atoms with Crippen molar-refractivity contribution in [3.05, 3.63) is 12.2 Å². The fraction of sp³-hybridized carbons (Fsp3) is 0.714. The van der Waals surface area contributed by atoms with Gasteiger partial charge in [-0.1, -0.05) is 26.0 Å². The van der Waals surface area contributed by atoms with E-state index in [4.69, 9.17) is 5.11 Å². The number of amides is 2. The Balaban J connectivity index is 2.39. The van der Waals surface area contributed by atoms with Crippen LogP contribution in [0.15, 0.2) is 12.2 Å². The van der Waals surface area contributed by atoms with E-state index >= 15 is 0 Å². The van der Waals surface area contributed by atoms with Gasteiger partial charge < -0.3 is 15.3 Å². The fourth-order valence-electron chi connectivity index (χ4n) is 2.32. The molecule has 1 aliphatic heterocycles. The molecule has 5 heteroatoms. The van der Waals surface area contributed by atoms with E-state index in [9.17, 15) is 9.59 Å². The van der Waals surface area contributed by atoms with Crippen LogP contribution in [0.1, 0.15) is 33.1 Å². The molecule has 1 aliphatic rings. The van der Waals surface area contributed by atoms with Crippen molar-refractivity contribution in [2.24, 2.45) is 11.8 Å². The SMILES string of the molecule is CC(C)CC(CNC(=O)N1CC=CCC1)CC(=O)O. The van der Waals surface area contributed by atoms with Gasteiger partial charge >= 0.3 is 12.0 Å². The Bertz CT molecular complexity index is 340. The van der Waals surface area contributed by atoms with Gasteiger partial charge in [0.1, 0.15) is 0 Å². The van der Waals surface area contributed by atoms with Crippen LogP contribution < -0.4 is 5.32 Å². The van der Waals surface area contributed by atoms with E-state index in [-0.39, 0.29) is 18.4 Å². The lowest BCUT2D eigenvalue weighted by atomic mass is 9.94. The van der Waals surface area contributed by atoms with Gasteiger partial charge in [0.05, 0.1) is 0 Å². The Morgan fingerprint density at radius 3 is 2.63 bits per heavy atom. The lowest BCUT2D eigenvalue weighted by Gasteiger charge is -2.25. The molecule has 0 saturated heterocycles. The summed E-state index contributed by atoms with van der Waals surface area (Å²) >= 11 is 0. The monoisotopic (exact) mass is 268 g/mol. The number of hydrogen-bond donors (Lipinski definition) is 2. The maximum Gasteiger partial charge on any atom is 0.317 e. The number of carboxylic acid groups (broad SMARTS) is 1. The molecule has 5 nitrogen and oxygen atoms in total. The quantitative estimate of drug-likeness (QED) is 0.725. The molecule has 108 valence electrons. The molecule has 1 rings (SSSR count). The zero-order chi connectivity index (χ0) is 14.3. The van der Waals surface area contributed by atoms with Crippen LogP contribution in [0.5, 0.6) is 0 Å². The van der Waals surface area contributed by atoms with E-state index in [1.54, 1.807) is 4.90 Å². The van der Waals surface area contributed by atoms with Crippen LogP contribution in [-0.2, 0) is 4.79 Å². The number of carbonyl (C=O) groups excluding carboxylic acids is 1. The molecule has 2 N–H and O–H groups in total. The summed E-state index contributed by atoms with van der Waals surface area (Å²) in [6.07, 6.45) is 5.85. The molecule has 1 unspecified atom stereocenters. The number of rotatable bonds is 6. The summed E-state index contributed by atoms with van der Waals surface area (Å²) in [5.41, 5.74) is 0. The average molecular weight is 268 g/mol. The van der Waals surface area contributed by atoms with Gasteiger partial charge in [-0.15, -0.1) is 0 Å². The van der Waals surface area contributed by atoms with Gasteiger partial charge in [0, 0.05) is 26.1 Å². The van der Waals surface area contributed by atoms with Crippen molar-refractivity contribution < 1.29 is 14.7 Å². The lowest BCUT2D eigenvalue weighted by molar-refractivity contribution is -0.138. The molecule has 0 radical (unpaired) electrons. The maximum absolute atomic E-state index is 11.9. The second-order valence-electron chi connectivity index (χ2n) is 5.49. The highest BCUT2D eigenvalue weighted by molar-refractivity contribution is 5.74. The zero-order valence-electron chi connectivity index (χ0n) is 11.8. The molecule has 1 heterocycles. The number of carbonyl (C=O) groups is 2. The maximum atomic E-state index is 11.9. The normalized spacial score (nSPS) is 16.5. The first-order chi connectivity index (χ1) is 8.99. The number of nitrogens with one attached hydrogen (secondary N) is 1. The van der Waals surface area contributed by atoms with Crippen LogP contribution >= 0.6 is 0 Å². The van der Waals surface area contributed by atoms with Crippen molar-refractivity contribution in [2.45, 2.75) is 33.1 Å². The molecule has 0 aromatic carbocycles. The fourth-order valence-corrected chi connectivity index (χ4v) is 2.32. The molecule has 0 aromatic heterocycles. The van der Waals surface area contributed by atoms with Crippen LogP contribution in [-0.4, -0.2) is 41.6 Å². The van der Waals surface area contributed by atoms with Crippen LogP contribution in [0.4, 0.5) is 4.79 Å². The van der Waals surface area contributed by atoms with Gasteiger partial charge in [0.15, 0.2) is 0 Å². The molecule has 0 aliphatic carbocycles. The molecular weight excluding hydrogens is 244 g/mol. The van der Waals surface area contributed by atoms with E-state index in [0.717, 1.165) is 19.4 Å². The molecule has 0 aromatic rings. The summed E-state index contributed by atoms with van der Waals surface area (Å²) in [7, 11) is 0. The summed E-state index contributed by atoms with van der Waals surface area (Å²) < 4.78 is 0. The molecular formula is C14H24N2O3. The first-order valence-electron chi connectivity index (χ1n) is 6.88. The molecule has 0 saturated carbocycles. The van der Waals surface area contributed by atoms with Crippen molar-refractivity contribution in [3.8, 4) is 0 Å². The third-order valence-corrected chi connectivity index (χ3v) is 3.16. The average Bonchev–Trinajstić information content (AvgIpc) is 2.35. The predicted octanol–water partition coefficient (Wildman–Crippen LogP) is 2.09. The largest absolute Gasteiger partial charge is 0.481 e. The second-order valence-corrected chi connectivity index (χ2v) is 5.49. The standard InChI is InChI=1S/C14H24N2O3/c1-11(2)8-12(9-13(17)18)10-15-14(19)16-6-4-3-5-7-16/h3-4,11-12H,5-10H2,1-2H3,(H,15,19)(H,17,18). The minimum atomic E-state index is -0.805. The van der Waals surface area contributed by atoms with Crippen molar-refractivity contribution in [1.29, 1.82) is 0 Å². The smallest absolute Gasteiger partial charge is 0.317 e. The highest BCUT2D eigenvalue weighted by Gasteiger charge is 2.18. The Hall–Kier alpha value is -1.52. The van der Waals surface area contributed by atoms with Crippen molar-refractivity contribution >= 4 is 12.0 Å². The first-order valence-corrected chi connectivity index (χ1v) is 6.88. The highest BCUT2D eigenvalue weighted by atomic mass is 16.4. The third-order valence-electron chi connectivity index (χ3n) is 3.16. The van der Waals surface area contributed by atoms with Crippen LogP contribution in [0.3, 0.4) is 0 Å². The number of urea groups is 1. The second kappa shape index (κ2) is 7.81. The van der Waals surface area contributed by atoms with Crippen LogP contribution in [0.25, 0.3) is 0 Å². The lowest BCUT2D eigenvalue weighted by Crippen LogP contribution is -2.43. The number of nitrogens with zero attached hydrogens (tertiary/aromatic N) is 1. The highest BCUT2D eigenvalue weighted by Crippen LogP contribution is 2.15. The van der Waals surface area contributed by atoms with Crippen molar-refractivity contribution in [1.82, 2.24) is 10.2 Å². The molecule has 1 atom stereocenters. The topological polar surface area (TPSA) is 69.6 Å². The van der Waals surface area contributed by atoms with Gasteiger partial charge in [-0.3, -0.25) is 4.79 Å². The van der Waals surface area contributed by atoms with E-state index in [2.05, 4.69) is 25.2 Å². The number of hydrogen-bond acceptors (Lipinski definition) is 2. The van der Waals surface area contributed by atoms with Gasteiger partial charge in [-0.25, -0.2) is 4.79 Å². The summed E-state index contributed by atoms with van der Waals surface area (Å²) in [5.74, 6) is -0.373. The summed E-state index contributed by atoms with van der Waals surface area (Å²) in [5, 5.41) is 11.7. The van der Waals surface area contributed by atoms with Gasteiger partial charge in [0.25, 0.3) is 0 Å². The van der Waals surface area contributed by atoms with Gasteiger partial charge in [0.2, 0.25) is 0 Å². The van der Waals surface area contributed by atoms with Crippen molar-refractivity contribution in [2.75, 3.05) is 19.6 Å². The van der Waals surface area contributed by atoms with Gasteiger partial charge in [-0.05, 0) is 24.7 Å². The Morgan fingerprint density at radius 2 is 2.11 bits per heavy atom. The molecule has 2 amide bonds. The summed E-state index contributed by atoms with van der Waals surface area (Å²) in [6, 6.07) is -0.0940. The minimum absolute atomic E-state index is 0.00165. The van der Waals surface area contributed by atoms with E-state index < -0.39 is 5.97 Å². The summed E-state index contributed by atoms with van der Waals surface area (Å²) in [4.78, 5) is 24.5. The Labute approximate surface area is 114 Å². The number of carboxylic acids is 1. The Morgan fingerprint density at radius 1 is 1.37 bits per heavy atom. The van der Waals surface area contributed by atoms with E-state index in [1.807, 2.05) is 6.08 Å². The Kier molecular flexibility index (Phi) is 6.39. The van der Waals surface area contributed by atoms with Crippen LogP contribution in [0.2, 0.25) is 0 Å². The molecule has 0 bridgehead atoms. The molecule has 0 spiro atoms. The predicted molar refractivity (Wildman–Crippen MR) is 73.9 cm³/mol. The van der Waals surface area contributed by atoms with E-state index in [0.29, 0.717) is 19.0 Å². The molecule has 19 heavy (non-hydrogen) atoms. The first kappa shape index (κ1) is 15.5. The van der Waals surface area contributed by atoms with Crippen molar-refractivity contribution in [3.63, 3.8) is 0 Å². The van der Waals surface area contributed by atoms with Gasteiger partial charge in [-0.2, -0.15) is 0 Å². The van der Waals surface area contributed by atoms with E-state index in [1.165, 1.54) is 0 Å². The summed E-state index contributed by atoms with van der Waals surface area (Å²) in [6.45, 7) is 5.93. The third kappa shape index (κ3) is 6.27. The zero-order valence-corrected chi connectivity index (χ0v) is 11.8. The molecule has 0 fully saturated rings. The minimum Gasteiger partial charge on any atom is -0.481 e. The number of aliphatic carboxylic acids is 1. The van der Waals surface area contributed by atoms with Crippen LogP contribution in [0, 0.1) is 11.8 Å².